The van der Waals surface area contributed by atoms with E-state index in [0.29, 0.717) is 30.6 Å². The first-order valence-electron chi connectivity index (χ1n) is 15.6. The number of nitrogens with one attached hydrogen (secondary N) is 3. The van der Waals surface area contributed by atoms with E-state index < -0.39 is 0 Å². The molecule has 0 radical (unpaired) electrons. The quantitative estimate of drug-likeness (QED) is 0.157. The summed E-state index contributed by atoms with van der Waals surface area (Å²) in [5, 5.41) is 19.2. The molecular weight excluding hydrogens is 592 g/mol. The normalized spacial score (nSPS) is 11.0. The molecule has 0 aliphatic heterocycles. The summed E-state index contributed by atoms with van der Waals surface area (Å²) in [7, 11) is 1.65. The lowest BCUT2D eigenvalue weighted by molar-refractivity contribution is 0.0953. The molecule has 2 amide bonds. The van der Waals surface area contributed by atoms with Gasteiger partial charge in [-0.1, -0.05) is 72.7 Å². The van der Waals surface area contributed by atoms with E-state index in [1.165, 1.54) is 0 Å². The number of aromatic nitrogens is 6. The number of carbonyl (C=O) groups excluding carboxylic acids is 2. The van der Waals surface area contributed by atoms with Crippen molar-refractivity contribution in [2.45, 2.75) is 39.7 Å². The van der Waals surface area contributed by atoms with Gasteiger partial charge < -0.3 is 14.6 Å². The molecule has 11 heteroatoms. The molecular formula is C36H36N8O3. The number of carbonyl (C=O) groups is 2. The van der Waals surface area contributed by atoms with E-state index in [9.17, 15) is 9.59 Å². The fourth-order valence-electron chi connectivity index (χ4n) is 5.77. The lowest BCUT2D eigenvalue weighted by Gasteiger charge is -2.13. The summed E-state index contributed by atoms with van der Waals surface area (Å²) < 4.78 is 7.66. The largest absolute Gasteiger partial charge is 0.496 e. The first kappa shape index (κ1) is 31.2. The Labute approximate surface area is 272 Å². The maximum Gasteiger partial charge on any atom is 0.270 e. The molecule has 0 bridgehead atoms. The zero-order chi connectivity index (χ0) is 32.8. The van der Waals surface area contributed by atoms with E-state index in [-0.39, 0.29) is 17.8 Å². The van der Waals surface area contributed by atoms with Crippen molar-refractivity contribution in [1.29, 1.82) is 0 Å². The van der Waals surface area contributed by atoms with Gasteiger partial charge in [-0.15, -0.1) is 5.10 Å². The van der Waals surface area contributed by atoms with Crippen molar-refractivity contribution < 1.29 is 14.3 Å². The van der Waals surface area contributed by atoms with Crippen molar-refractivity contribution >= 4 is 28.8 Å². The third-order valence-electron chi connectivity index (χ3n) is 8.08. The second kappa shape index (κ2) is 14.1. The molecule has 6 aromatic rings. The monoisotopic (exact) mass is 628 g/mol. The van der Waals surface area contributed by atoms with Crippen molar-refractivity contribution in [3.05, 3.63) is 119 Å². The highest BCUT2D eigenvalue weighted by Gasteiger charge is 2.18. The number of nitrogens with zero attached hydrogens (tertiary/aromatic N) is 5. The average Bonchev–Trinajstić information content (AvgIpc) is 3.73. The number of fused-ring (bicyclic) bond motifs is 1. The molecule has 0 fully saturated rings. The fraction of sp³-hybridized carbons (Fsp3) is 0.222. The SMILES string of the molecule is CCCc1nc2c(C)cc(C(=O)NCCc3ccccc3OC)cc2n1Cc1ccc(-c2ccccc2C(=O)Nc2nn[nH]n2)cc1. The number of methoxy groups -OCH3 is 1. The number of benzene rings is 4. The zero-order valence-corrected chi connectivity index (χ0v) is 26.6. The molecule has 0 saturated carbocycles. The number of rotatable bonds is 12. The summed E-state index contributed by atoms with van der Waals surface area (Å²) in [6, 6.07) is 27.2. The van der Waals surface area contributed by atoms with Crippen molar-refractivity contribution in [2.24, 2.45) is 0 Å². The smallest absolute Gasteiger partial charge is 0.270 e. The Morgan fingerprint density at radius 2 is 1.72 bits per heavy atom. The zero-order valence-electron chi connectivity index (χ0n) is 26.6. The molecule has 0 saturated heterocycles. The molecule has 0 unspecified atom stereocenters. The van der Waals surface area contributed by atoms with Gasteiger partial charge in [0.25, 0.3) is 17.8 Å². The molecule has 11 nitrogen and oxygen atoms in total. The number of amides is 2. The van der Waals surface area contributed by atoms with Crippen LogP contribution in [0, 0.1) is 6.92 Å². The number of imidazole rings is 1. The Hall–Kier alpha value is -5.84. The van der Waals surface area contributed by atoms with E-state index in [1.807, 2.05) is 73.7 Å². The number of aryl methyl sites for hydroxylation is 2. The summed E-state index contributed by atoms with van der Waals surface area (Å²) in [5.74, 6) is 1.46. The van der Waals surface area contributed by atoms with Crippen LogP contribution in [0.4, 0.5) is 5.95 Å². The highest BCUT2D eigenvalue weighted by Crippen LogP contribution is 2.27. The standard InChI is InChI=1S/C36H36N8O3/c1-4-9-32-38-33-23(2)20-27(34(45)37-19-18-26-10-5-8-13-31(26)47-3)21-30(33)44(32)22-24-14-16-25(17-15-24)28-11-6-7-12-29(28)35(46)39-36-40-42-43-41-36/h5-8,10-17,20-21H,4,9,18-19,22H2,1-3H3,(H,37,45)(H2,39,40,41,42,43,46). The molecule has 3 N–H and O–H groups in total. The molecule has 0 spiro atoms. The molecule has 238 valence electrons. The van der Waals surface area contributed by atoms with Gasteiger partial charge in [0.1, 0.15) is 11.6 Å². The number of tetrazole rings is 1. The van der Waals surface area contributed by atoms with Crippen LogP contribution in [0.25, 0.3) is 22.2 Å². The van der Waals surface area contributed by atoms with Crippen LogP contribution in [0.3, 0.4) is 0 Å². The molecule has 47 heavy (non-hydrogen) atoms. The lowest BCUT2D eigenvalue weighted by Crippen LogP contribution is -2.26. The number of hydrogen-bond donors (Lipinski definition) is 3. The van der Waals surface area contributed by atoms with E-state index in [2.05, 4.69) is 54.9 Å². The van der Waals surface area contributed by atoms with Gasteiger partial charge in [-0.2, -0.15) is 5.21 Å². The Bertz CT molecular complexity index is 2020. The minimum atomic E-state index is -0.324. The summed E-state index contributed by atoms with van der Waals surface area (Å²) in [5.41, 5.74) is 7.70. The summed E-state index contributed by atoms with van der Waals surface area (Å²) >= 11 is 0. The van der Waals surface area contributed by atoms with E-state index >= 15 is 0 Å². The number of aromatic amines is 1. The van der Waals surface area contributed by atoms with Crippen LogP contribution in [0.5, 0.6) is 5.75 Å². The van der Waals surface area contributed by atoms with Gasteiger partial charge >= 0.3 is 0 Å². The topological polar surface area (TPSA) is 140 Å². The Balaban J connectivity index is 1.23. The number of H-pyrrole nitrogens is 1. The predicted octanol–water partition coefficient (Wildman–Crippen LogP) is 5.76. The van der Waals surface area contributed by atoms with Gasteiger partial charge in [0.15, 0.2) is 0 Å². The van der Waals surface area contributed by atoms with Gasteiger partial charge in [-0.05, 0) is 77.1 Å². The van der Waals surface area contributed by atoms with Gasteiger partial charge in [0.2, 0.25) is 0 Å². The number of ether oxygens (including phenoxy) is 1. The van der Waals surface area contributed by atoms with Crippen molar-refractivity contribution in [2.75, 3.05) is 19.0 Å². The van der Waals surface area contributed by atoms with Crippen LogP contribution in [0.1, 0.15) is 56.6 Å². The fourth-order valence-corrected chi connectivity index (χ4v) is 5.77. The Morgan fingerprint density at radius 1 is 0.936 bits per heavy atom. The minimum absolute atomic E-state index is 0.110. The molecule has 4 aromatic carbocycles. The molecule has 0 aliphatic rings. The summed E-state index contributed by atoms with van der Waals surface area (Å²) in [6.45, 7) is 5.22. The molecule has 2 aromatic heterocycles. The van der Waals surface area contributed by atoms with Gasteiger partial charge in [-0.25, -0.2) is 4.98 Å². The van der Waals surface area contributed by atoms with Crippen LogP contribution in [0.2, 0.25) is 0 Å². The number of para-hydroxylation sites is 1. The second-order valence-corrected chi connectivity index (χ2v) is 11.3. The molecule has 0 atom stereocenters. The minimum Gasteiger partial charge on any atom is -0.496 e. The summed E-state index contributed by atoms with van der Waals surface area (Å²) in [6.07, 6.45) is 2.43. The summed E-state index contributed by atoms with van der Waals surface area (Å²) in [4.78, 5) is 31.3. The first-order valence-corrected chi connectivity index (χ1v) is 15.6. The van der Waals surface area contributed by atoms with Crippen LogP contribution in [-0.4, -0.2) is 55.6 Å². The Morgan fingerprint density at radius 3 is 2.49 bits per heavy atom. The molecule has 2 heterocycles. The molecule has 0 aliphatic carbocycles. The maximum atomic E-state index is 13.3. The highest BCUT2D eigenvalue weighted by atomic mass is 16.5. The van der Waals surface area contributed by atoms with E-state index in [0.717, 1.165) is 63.3 Å². The Kier molecular flexibility index (Phi) is 9.33. The van der Waals surface area contributed by atoms with E-state index in [4.69, 9.17) is 9.72 Å². The number of hydrogen-bond acceptors (Lipinski definition) is 7. The van der Waals surface area contributed by atoms with Crippen LogP contribution in [0.15, 0.2) is 84.9 Å². The van der Waals surface area contributed by atoms with Gasteiger partial charge in [0.05, 0.1) is 18.1 Å². The van der Waals surface area contributed by atoms with E-state index in [1.54, 1.807) is 13.2 Å². The van der Waals surface area contributed by atoms with Crippen molar-refractivity contribution in [3.63, 3.8) is 0 Å². The van der Waals surface area contributed by atoms with Crippen LogP contribution < -0.4 is 15.4 Å². The highest BCUT2D eigenvalue weighted by molar-refractivity contribution is 6.08. The maximum absolute atomic E-state index is 13.3. The lowest BCUT2D eigenvalue weighted by atomic mass is 9.98. The van der Waals surface area contributed by atoms with Crippen molar-refractivity contribution in [1.82, 2.24) is 35.5 Å². The third-order valence-corrected chi connectivity index (χ3v) is 8.08. The molecule has 6 rings (SSSR count). The predicted molar refractivity (Wildman–Crippen MR) is 181 cm³/mol. The van der Waals surface area contributed by atoms with Crippen LogP contribution in [-0.2, 0) is 19.4 Å². The second-order valence-electron chi connectivity index (χ2n) is 11.3. The first-order chi connectivity index (χ1) is 22.9. The average molecular weight is 629 g/mol. The van der Waals surface area contributed by atoms with Crippen molar-refractivity contribution in [3.8, 4) is 16.9 Å². The van der Waals surface area contributed by atoms with Gasteiger partial charge in [0, 0.05) is 30.6 Å². The number of anilines is 1. The van der Waals surface area contributed by atoms with Gasteiger partial charge in [-0.3, -0.25) is 14.9 Å². The van der Waals surface area contributed by atoms with Crippen LogP contribution >= 0.6 is 0 Å². The third kappa shape index (κ3) is 6.89.